The topological polar surface area (TPSA) is 66.0 Å². The summed E-state index contributed by atoms with van der Waals surface area (Å²) in [7, 11) is 1.68. The van der Waals surface area contributed by atoms with E-state index in [1.54, 1.807) is 29.8 Å². The quantitative estimate of drug-likeness (QED) is 0.872. The average molecular weight is 279 g/mol. The van der Waals surface area contributed by atoms with Crippen LogP contribution in [0, 0.1) is 11.3 Å². The SMILES string of the molecule is Cn1c(C(=O)O)c(Br)c2cc(C#N)ccc21. The van der Waals surface area contributed by atoms with Gasteiger partial charge in [0.05, 0.1) is 16.1 Å². The Balaban J connectivity index is 2.89. The van der Waals surface area contributed by atoms with E-state index in [4.69, 9.17) is 10.4 Å². The Kier molecular flexibility index (Phi) is 2.44. The molecule has 1 heterocycles. The molecule has 0 aliphatic heterocycles. The van der Waals surface area contributed by atoms with Crippen LogP contribution in [0.5, 0.6) is 0 Å². The number of aryl methyl sites for hydroxylation is 1. The van der Waals surface area contributed by atoms with Crippen molar-refractivity contribution in [1.82, 2.24) is 4.57 Å². The highest BCUT2D eigenvalue weighted by molar-refractivity contribution is 9.10. The summed E-state index contributed by atoms with van der Waals surface area (Å²) >= 11 is 3.26. The molecule has 4 nitrogen and oxygen atoms in total. The number of carboxylic acids is 1. The van der Waals surface area contributed by atoms with Gasteiger partial charge in [0, 0.05) is 18.0 Å². The monoisotopic (exact) mass is 278 g/mol. The van der Waals surface area contributed by atoms with Gasteiger partial charge in [-0.1, -0.05) is 0 Å². The van der Waals surface area contributed by atoms with E-state index in [1.165, 1.54) is 0 Å². The first-order chi connectivity index (χ1) is 7.56. The lowest BCUT2D eigenvalue weighted by Gasteiger charge is -1.98. The maximum absolute atomic E-state index is 11.1. The van der Waals surface area contributed by atoms with Crippen molar-refractivity contribution in [3.63, 3.8) is 0 Å². The fraction of sp³-hybridized carbons (Fsp3) is 0.0909. The summed E-state index contributed by atoms with van der Waals surface area (Å²) in [6.45, 7) is 0. The number of aromatic carboxylic acids is 1. The molecule has 0 amide bonds. The predicted molar refractivity (Wildman–Crippen MR) is 62.3 cm³/mol. The van der Waals surface area contributed by atoms with E-state index in [-0.39, 0.29) is 5.69 Å². The molecule has 0 spiro atoms. The number of benzene rings is 1. The van der Waals surface area contributed by atoms with Crippen molar-refractivity contribution in [2.75, 3.05) is 0 Å². The van der Waals surface area contributed by atoms with Crippen molar-refractivity contribution < 1.29 is 9.90 Å². The standard InChI is InChI=1S/C11H7BrN2O2/c1-14-8-3-2-6(5-13)4-7(8)9(12)10(14)11(15)16/h2-4H,1H3,(H,15,16). The molecule has 0 saturated heterocycles. The molecule has 16 heavy (non-hydrogen) atoms. The Morgan fingerprint density at radius 3 is 2.81 bits per heavy atom. The van der Waals surface area contributed by atoms with E-state index in [2.05, 4.69) is 15.9 Å². The Bertz CT molecular complexity index is 637. The van der Waals surface area contributed by atoms with Gasteiger partial charge < -0.3 is 9.67 Å². The van der Waals surface area contributed by atoms with E-state index in [1.807, 2.05) is 6.07 Å². The van der Waals surface area contributed by atoms with Crippen LogP contribution < -0.4 is 0 Å². The van der Waals surface area contributed by atoms with E-state index in [0.717, 1.165) is 10.9 Å². The van der Waals surface area contributed by atoms with Gasteiger partial charge in [0.2, 0.25) is 0 Å². The van der Waals surface area contributed by atoms with Gasteiger partial charge in [0.1, 0.15) is 5.69 Å². The molecule has 80 valence electrons. The number of rotatable bonds is 1. The highest BCUT2D eigenvalue weighted by Gasteiger charge is 2.18. The molecule has 0 atom stereocenters. The van der Waals surface area contributed by atoms with Crippen LogP contribution in [0.1, 0.15) is 16.1 Å². The molecular formula is C11H7BrN2O2. The first-order valence-electron chi connectivity index (χ1n) is 4.47. The molecule has 1 aromatic carbocycles. The van der Waals surface area contributed by atoms with Gasteiger partial charge >= 0.3 is 5.97 Å². The number of nitriles is 1. The third-order valence-corrected chi connectivity index (χ3v) is 3.27. The predicted octanol–water partition coefficient (Wildman–Crippen LogP) is 2.51. The summed E-state index contributed by atoms with van der Waals surface area (Å²) in [4.78, 5) is 11.1. The first kappa shape index (κ1) is 10.7. The summed E-state index contributed by atoms with van der Waals surface area (Å²) < 4.78 is 2.10. The first-order valence-corrected chi connectivity index (χ1v) is 5.27. The minimum absolute atomic E-state index is 0.185. The number of aromatic nitrogens is 1. The largest absolute Gasteiger partial charge is 0.477 e. The number of halogens is 1. The number of hydrogen-bond acceptors (Lipinski definition) is 2. The highest BCUT2D eigenvalue weighted by Crippen LogP contribution is 2.30. The smallest absolute Gasteiger partial charge is 0.353 e. The normalized spacial score (nSPS) is 10.3. The van der Waals surface area contributed by atoms with Gasteiger partial charge in [-0.25, -0.2) is 4.79 Å². The summed E-state index contributed by atoms with van der Waals surface area (Å²) in [5.74, 6) is -0.996. The average Bonchev–Trinajstić information content (AvgIpc) is 2.51. The van der Waals surface area contributed by atoms with Crippen molar-refractivity contribution in [3.8, 4) is 6.07 Å². The summed E-state index contributed by atoms with van der Waals surface area (Å²) in [6.07, 6.45) is 0. The van der Waals surface area contributed by atoms with Crippen LogP contribution in [0.25, 0.3) is 10.9 Å². The van der Waals surface area contributed by atoms with Gasteiger partial charge in [0.15, 0.2) is 0 Å². The lowest BCUT2D eigenvalue weighted by atomic mass is 10.2. The molecule has 1 aromatic heterocycles. The fourth-order valence-electron chi connectivity index (χ4n) is 1.71. The summed E-state index contributed by atoms with van der Waals surface area (Å²) in [5.41, 5.74) is 1.48. The van der Waals surface area contributed by atoms with Crippen LogP contribution in [0.15, 0.2) is 22.7 Å². The molecule has 0 aliphatic carbocycles. The zero-order chi connectivity index (χ0) is 11.9. The van der Waals surface area contributed by atoms with Crippen molar-refractivity contribution >= 4 is 32.8 Å². The zero-order valence-electron chi connectivity index (χ0n) is 8.36. The van der Waals surface area contributed by atoms with E-state index in [9.17, 15) is 4.79 Å². The van der Waals surface area contributed by atoms with E-state index in [0.29, 0.717) is 10.0 Å². The third-order valence-electron chi connectivity index (χ3n) is 2.47. The van der Waals surface area contributed by atoms with Crippen LogP contribution in [0.3, 0.4) is 0 Å². The lowest BCUT2D eigenvalue weighted by molar-refractivity contribution is 0.0686. The molecule has 0 aliphatic rings. The second kappa shape index (κ2) is 3.65. The molecule has 0 saturated carbocycles. The molecule has 2 aromatic rings. The van der Waals surface area contributed by atoms with Gasteiger partial charge in [-0.2, -0.15) is 5.26 Å². The lowest BCUT2D eigenvalue weighted by Crippen LogP contribution is -2.04. The Labute approximate surface area is 99.8 Å². The van der Waals surface area contributed by atoms with E-state index < -0.39 is 5.97 Å². The van der Waals surface area contributed by atoms with Crippen molar-refractivity contribution in [1.29, 1.82) is 5.26 Å². The maximum Gasteiger partial charge on any atom is 0.353 e. The van der Waals surface area contributed by atoms with Gasteiger partial charge in [-0.15, -0.1) is 0 Å². The van der Waals surface area contributed by atoms with Crippen LogP contribution in [-0.4, -0.2) is 15.6 Å². The third kappa shape index (κ3) is 1.39. The van der Waals surface area contributed by atoms with Gasteiger partial charge in [-0.05, 0) is 34.1 Å². The molecule has 0 bridgehead atoms. The summed E-state index contributed by atoms with van der Waals surface area (Å²) in [6, 6.07) is 7.11. The minimum atomic E-state index is -0.996. The van der Waals surface area contributed by atoms with Crippen molar-refractivity contribution in [3.05, 3.63) is 33.9 Å². The Hall–Kier alpha value is -1.80. The zero-order valence-corrected chi connectivity index (χ0v) is 9.95. The molecule has 5 heteroatoms. The Morgan fingerprint density at radius 2 is 2.25 bits per heavy atom. The number of carboxylic acid groups (broad SMARTS) is 1. The molecular weight excluding hydrogens is 272 g/mol. The fourth-order valence-corrected chi connectivity index (χ4v) is 2.46. The van der Waals surface area contributed by atoms with Gasteiger partial charge in [-0.3, -0.25) is 0 Å². The summed E-state index contributed by atoms with van der Waals surface area (Å²) in [5, 5.41) is 18.6. The van der Waals surface area contributed by atoms with Crippen LogP contribution in [-0.2, 0) is 7.05 Å². The van der Waals surface area contributed by atoms with Gasteiger partial charge in [0.25, 0.3) is 0 Å². The molecule has 0 radical (unpaired) electrons. The van der Waals surface area contributed by atoms with E-state index >= 15 is 0 Å². The van der Waals surface area contributed by atoms with Crippen molar-refractivity contribution in [2.24, 2.45) is 7.05 Å². The second-order valence-corrected chi connectivity index (χ2v) is 4.16. The number of fused-ring (bicyclic) bond motifs is 1. The van der Waals surface area contributed by atoms with Crippen LogP contribution >= 0.6 is 15.9 Å². The molecule has 0 unspecified atom stereocenters. The number of hydrogen-bond donors (Lipinski definition) is 1. The molecule has 1 N–H and O–H groups in total. The molecule has 2 rings (SSSR count). The molecule has 0 fully saturated rings. The number of nitrogens with zero attached hydrogens (tertiary/aromatic N) is 2. The number of carbonyl (C=O) groups is 1. The Morgan fingerprint density at radius 1 is 1.56 bits per heavy atom. The highest BCUT2D eigenvalue weighted by atomic mass is 79.9. The van der Waals surface area contributed by atoms with Crippen LogP contribution in [0.4, 0.5) is 0 Å². The van der Waals surface area contributed by atoms with Crippen LogP contribution in [0.2, 0.25) is 0 Å². The van der Waals surface area contributed by atoms with Crippen molar-refractivity contribution in [2.45, 2.75) is 0 Å². The maximum atomic E-state index is 11.1. The second-order valence-electron chi connectivity index (χ2n) is 3.37. The minimum Gasteiger partial charge on any atom is -0.477 e.